The molecule has 1 atom stereocenters. The second-order valence-electron chi connectivity index (χ2n) is 6.57. The Morgan fingerprint density at radius 3 is 2.86 bits per heavy atom. The van der Waals surface area contributed by atoms with Gasteiger partial charge in [0.2, 0.25) is 5.56 Å². The minimum Gasteiger partial charge on any atom is -0.349 e. The van der Waals surface area contributed by atoms with Crippen molar-refractivity contribution < 1.29 is 4.79 Å². The molecule has 116 valence electrons. The number of nitrogens with one attached hydrogen (secondary N) is 3. The molecule has 1 saturated heterocycles. The number of piperidine rings is 1. The van der Waals surface area contributed by atoms with Gasteiger partial charge in [-0.3, -0.25) is 9.59 Å². The van der Waals surface area contributed by atoms with Crippen molar-refractivity contribution in [3.8, 4) is 0 Å². The van der Waals surface area contributed by atoms with Crippen LogP contribution in [0.15, 0.2) is 35.1 Å². The van der Waals surface area contributed by atoms with Gasteiger partial charge >= 0.3 is 0 Å². The van der Waals surface area contributed by atoms with Crippen molar-refractivity contribution >= 4 is 16.8 Å². The van der Waals surface area contributed by atoms with Crippen molar-refractivity contribution in [1.29, 1.82) is 0 Å². The molecule has 5 heteroatoms. The second-order valence-corrected chi connectivity index (χ2v) is 6.57. The average molecular weight is 299 g/mol. The number of hydrogen-bond donors (Lipinski definition) is 3. The third-order valence-electron chi connectivity index (χ3n) is 4.43. The number of rotatable bonds is 2. The number of carbonyl (C=O) groups is 1. The predicted molar refractivity (Wildman–Crippen MR) is 87.1 cm³/mol. The number of H-pyrrole nitrogens is 1. The molecule has 1 aliphatic heterocycles. The molecule has 5 nitrogen and oxygen atoms in total. The fourth-order valence-electron chi connectivity index (χ4n) is 3.07. The van der Waals surface area contributed by atoms with E-state index < -0.39 is 0 Å². The van der Waals surface area contributed by atoms with Crippen LogP contribution in [-0.2, 0) is 0 Å². The zero-order valence-electron chi connectivity index (χ0n) is 12.9. The van der Waals surface area contributed by atoms with Gasteiger partial charge in [0.25, 0.3) is 5.91 Å². The normalized spacial score (nSPS) is 20.7. The molecular formula is C17H21N3O2. The van der Waals surface area contributed by atoms with Crippen molar-refractivity contribution in [2.24, 2.45) is 5.41 Å². The van der Waals surface area contributed by atoms with Gasteiger partial charge in [-0.2, -0.15) is 0 Å². The molecular weight excluding hydrogens is 278 g/mol. The Kier molecular flexibility index (Phi) is 3.74. The maximum atomic E-state index is 12.7. The minimum absolute atomic E-state index is 0.00901. The number of carbonyl (C=O) groups excluding carboxylic acids is 1. The van der Waals surface area contributed by atoms with Crippen molar-refractivity contribution in [2.75, 3.05) is 13.1 Å². The number of para-hydroxylation sites is 1. The summed E-state index contributed by atoms with van der Waals surface area (Å²) in [5, 5.41) is 7.23. The Bertz CT molecular complexity index is 764. The van der Waals surface area contributed by atoms with Crippen LogP contribution in [0.1, 0.15) is 30.6 Å². The third-order valence-corrected chi connectivity index (χ3v) is 4.43. The standard InChI is InChI=1S/C17H21N3O2/c1-17(2)10-18-8-7-14(17)20-16(22)12-9-15(21)19-13-6-4-3-5-11(12)13/h3-6,9,14,18H,7-8,10H2,1-2H3,(H,19,21)(H,20,22). The van der Waals surface area contributed by atoms with Crippen LogP contribution in [0, 0.1) is 5.41 Å². The molecule has 3 N–H and O–H groups in total. The Labute approximate surface area is 129 Å². The molecule has 2 heterocycles. The van der Waals surface area contributed by atoms with E-state index in [2.05, 4.69) is 29.5 Å². The number of pyridine rings is 1. The smallest absolute Gasteiger partial charge is 0.252 e. The van der Waals surface area contributed by atoms with Crippen LogP contribution in [0.2, 0.25) is 0 Å². The average Bonchev–Trinajstić information content (AvgIpc) is 2.48. The van der Waals surface area contributed by atoms with Crippen LogP contribution in [-0.4, -0.2) is 30.0 Å². The highest BCUT2D eigenvalue weighted by atomic mass is 16.2. The fraction of sp³-hybridized carbons (Fsp3) is 0.412. The van der Waals surface area contributed by atoms with Gasteiger partial charge in [0, 0.05) is 29.6 Å². The van der Waals surface area contributed by atoms with Crippen LogP contribution in [0.3, 0.4) is 0 Å². The first-order chi connectivity index (χ1) is 10.5. The van der Waals surface area contributed by atoms with Gasteiger partial charge in [-0.1, -0.05) is 32.0 Å². The Balaban J connectivity index is 1.94. The first kappa shape index (κ1) is 14.8. The molecule has 3 rings (SSSR count). The van der Waals surface area contributed by atoms with E-state index >= 15 is 0 Å². The number of benzene rings is 1. The topological polar surface area (TPSA) is 74.0 Å². The summed E-state index contributed by atoms with van der Waals surface area (Å²) in [6.07, 6.45) is 0.889. The van der Waals surface area contributed by atoms with Crippen LogP contribution in [0.25, 0.3) is 10.9 Å². The summed E-state index contributed by atoms with van der Waals surface area (Å²) < 4.78 is 0. The first-order valence-electron chi connectivity index (χ1n) is 7.61. The van der Waals surface area contributed by atoms with Crippen molar-refractivity contribution in [3.63, 3.8) is 0 Å². The fourth-order valence-corrected chi connectivity index (χ4v) is 3.07. The molecule has 22 heavy (non-hydrogen) atoms. The highest BCUT2D eigenvalue weighted by Crippen LogP contribution is 2.25. The molecule has 1 amide bonds. The molecule has 0 bridgehead atoms. The molecule has 0 spiro atoms. The summed E-state index contributed by atoms with van der Waals surface area (Å²) in [5.41, 5.74) is 0.858. The first-order valence-corrected chi connectivity index (χ1v) is 7.61. The molecule has 2 aromatic rings. The Morgan fingerprint density at radius 2 is 2.09 bits per heavy atom. The Morgan fingerprint density at radius 1 is 1.32 bits per heavy atom. The van der Waals surface area contributed by atoms with Crippen molar-refractivity contribution in [1.82, 2.24) is 15.6 Å². The number of hydrogen-bond acceptors (Lipinski definition) is 3. The van der Waals surface area contributed by atoms with E-state index in [0.29, 0.717) is 11.1 Å². The summed E-state index contributed by atoms with van der Waals surface area (Å²) in [4.78, 5) is 27.2. The number of amides is 1. The van der Waals surface area contributed by atoms with E-state index in [4.69, 9.17) is 0 Å². The maximum absolute atomic E-state index is 12.7. The van der Waals surface area contributed by atoms with E-state index in [9.17, 15) is 9.59 Å². The van der Waals surface area contributed by atoms with Gasteiger partial charge < -0.3 is 15.6 Å². The lowest BCUT2D eigenvalue weighted by Gasteiger charge is -2.39. The molecule has 0 saturated carbocycles. The lowest BCUT2D eigenvalue weighted by atomic mass is 9.80. The quantitative estimate of drug-likeness (QED) is 0.789. The monoisotopic (exact) mass is 299 g/mol. The zero-order valence-corrected chi connectivity index (χ0v) is 12.9. The van der Waals surface area contributed by atoms with Crippen LogP contribution in [0.4, 0.5) is 0 Å². The Hall–Kier alpha value is -2.14. The summed E-state index contributed by atoms with van der Waals surface area (Å²) in [5.74, 6) is -0.178. The molecule has 0 aliphatic carbocycles. The molecule has 0 radical (unpaired) electrons. The summed E-state index contributed by atoms with van der Waals surface area (Å²) >= 11 is 0. The van der Waals surface area contributed by atoms with Gasteiger partial charge in [0.15, 0.2) is 0 Å². The largest absolute Gasteiger partial charge is 0.349 e. The molecule has 1 unspecified atom stereocenters. The van der Waals surface area contributed by atoms with Crippen LogP contribution in [0.5, 0.6) is 0 Å². The van der Waals surface area contributed by atoms with Crippen molar-refractivity contribution in [3.05, 3.63) is 46.2 Å². The van der Waals surface area contributed by atoms with E-state index in [-0.39, 0.29) is 22.9 Å². The lowest BCUT2D eigenvalue weighted by Crippen LogP contribution is -2.54. The van der Waals surface area contributed by atoms with E-state index in [1.54, 1.807) is 0 Å². The summed E-state index contributed by atoms with van der Waals surface area (Å²) in [6.45, 7) is 6.04. The van der Waals surface area contributed by atoms with Crippen LogP contribution < -0.4 is 16.2 Å². The van der Waals surface area contributed by atoms with E-state index in [1.165, 1.54) is 6.07 Å². The molecule has 1 fully saturated rings. The minimum atomic E-state index is -0.256. The SMILES string of the molecule is CC1(C)CNCCC1NC(=O)c1cc(=O)[nH]c2ccccc12. The van der Waals surface area contributed by atoms with E-state index in [1.807, 2.05) is 24.3 Å². The molecule has 1 aliphatic rings. The maximum Gasteiger partial charge on any atom is 0.252 e. The van der Waals surface area contributed by atoms with Gasteiger partial charge in [0.1, 0.15) is 0 Å². The van der Waals surface area contributed by atoms with Gasteiger partial charge in [0.05, 0.1) is 5.56 Å². The number of fused-ring (bicyclic) bond motifs is 1. The lowest BCUT2D eigenvalue weighted by molar-refractivity contribution is 0.0870. The number of aromatic amines is 1. The third kappa shape index (κ3) is 2.76. The number of aromatic nitrogens is 1. The summed E-state index contributed by atoms with van der Waals surface area (Å²) in [7, 11) is 0. The van der Waals surface area contributed by atoms with Gasteiger partial charge in [-0.15, -0.1) is 0 Å². The summed E-state index contributed by atoms with van der Waals surface area (Å²) in [6, 6.07) is 8.85. The predicted octanol–water partition coefficient (Wildman–Crippen LogP) is 1.65. The van der Waals surface area contributed by atoms with Gasteiger partial charge in [-0.05, 0) is 24.4 Å². The highest BCUT2D eigenvalue weighted by molar-refractivity contribution is 6.06. The van der Waals surface area contributed by atoms with Crippen LogP contribution >= 0.6 is 0 Å². The second kappa shape index (κ2) is 5.57. The zero-order chi connectivity index (χ0) is 15.7. The highest BCUT2D eigenvalue weighted by Gasteiger charge is 2.33. The van der Waals surface area contributed by atoms with E-state index in [0.717, 1.165) is 24.9 Å². The van der Waals surface area contributed by atoms with Gasteiger partial charge in [-0.25, -0.2) is 0 Å². The molecule has 1 aromatic carbocycles. The van der Waals surface area contributed by atoms with Crippen molar-refractivity contribution in [2.45, 2.75) is 26.3 Å². The molecule has 1 aromatic heterocycles.